The summed E-state index contributed by atoms with van der Waals surface area (Å²) in [5.74, 6) is 0. The van der Waals surface area contributed by atoms with Crippen LogP contribution in [0.15, 0.2) is 24.3 Å². The maximum Gasteiger partial charge on any atom is 0.0942 e. The van der Waals surface area contributed by atoms with Crippen LogP contribution >= 0.6 is 0 Å². The lowest BCUT2D eigenvalue weighted by molar-refractivity contribution is 0.114. The zero-order chi connectivity index (χ0) is 14.4. The number of hydrogen-bond acceptors (Lipinski definition) is 2. The van der Waals surface area contributed by atoms with E-state index in [4.69, 9.17) is 0 Å². The van der Waals surface area contributed by atoms with Gasteiger partial charge >= 0.3 is 0 Å². The molecule has 2 unspecified atom stereocenters. The van der Waals surface area contributed by atoms with Crippen LogP contribution in [0.2, 0.25) is 0 Å². The van der Waals surface area contributed by atoms with Gasteiger partial charge in [-0.15, -0.1) is 0 Å². The van der Waals surface area contributed by atoms with Crippen molar-refractivity contribution in [3.63, 3.8) is 0 Å². The maximum atomic E-state index is 10.6. The van der Waals surface area contributed by atoms with Crippen LogP contribution in [0.3, 0.4) is 0 Å². The molecule has 2 rings (SSSR count). The maximum absolute atomic E-state index is 10.6. The molecule has 1 aromatic carbocycles. The summed E-state index contributed by atoms with van der Waals surface area (Å²) in [4.78, 5) is 0. The molecule has 0 bridgehead atoms. The summed E-state index contributed by atoms with van der Waals surface area (Å²) in [6.45, 7) is 4.31. The Kier molecular flexibility index (Phi) is 6.06. The highest BCUT2D eigenvalue weighted by molar-refractivity contribution is 5.25. The van der Waals surface area contributed by atoms with E-state index >= 15 is 0 Å². The van der Waals surface area contributed by atoms with Gasteiger partial charge in [0, 0.05) is 12.1 Å². The molecule has 2 atom stereocenters. The van der Waals surface area contributed by atoms with Crippen molar-refractivity contribution in [2.24, 2.45) is 0 Å². The minimum atomic E-state index is -0.396. The average molecular weight is 275 g/mol. The van der Waals surface area contributed by atoms with Crippen LogP contribution < -0.4 is 5.32 Å². The lowest BCUT2D eigenvalue weighted by atomic mass is 9.92. The molecule has 1 aliphatic carbocycles. The highest BCUT2D eigenvalue weighted by atomic mass is 16.3. The molecule has 2 nitrogen and oxygen atoms in total. The van der Waals surface area contributed by atoms with E-state index in [2.05, 4.69) is 43.4 Å². The highest BCUT2D eigenvalue weighted by Crippen LogP contribution is 2.23. The van der Waals surface area contributed by atoms with Crippen LogP contribution in [0.25, 0.3) is 0 Å². The van der Waals surface area contributed by atoms with Gasteiger partial charge in [-0.2, -0.15) is 0 Å². The first-order chi connectivity index (χ1) is 9.74. The van der Waals surface area contributed by atoms with E-state index in [-0.39, 0.29) is 6.04 Å². The number of nitrogens with one attached hydrogen (secondary N) is 1. The third kappa shape index (κ3) is 4.07. The second kappa shape index (κ2) is 7.80. The van der Waals surface area contributed by atoms with Gasteiger partial charge in [-0.3, -0.25) is 0 Å². The fourth-order valence-electron chi connectivity index (χ4n) is 3.19. The predicted octanol–water partition coefficient (Wildman–Crippen LogP) is 3.98. The Bertz CT molecular complexity index is 381. The van der Waals surface area contributed by atoms with E-state index < -0.39 is 6.10 Å². The van der Waals surface area contributed by atoms with Gasteiger partial charge in [0.2, 0.25) is 0 Å². The van der Waals surface area contributed by atoms with Crippen molar-refractivity contribution in [1.29, 1.82) is 0 Å². The summed E-state index contributed by atoms with van der Waals surface area (Å²) in [6.07, 6.45) is 8.17. The minimum Gasteiger partial charge on any atom is -0.387 e. The molecule has 0 saturated heterocycles. The first kappa shape index (κ1) is 15.5. The summed E-state index contributed by atoms with van der Waals surface area (Å²) in [5.41, 5.74) is 2.37. The molecular weight excluding hydrogens is 246 g/mol. The third-order valence-corrected chi connectivity index (χ3v) is 4.61. The smallest absolute Gasteiger partial charge is 0.0942 e. The summed E-state index contributed by atoms with van der Waals surface area (Å²) in [5, 5.41) is 14.3. The fourth-order valence-corrected chi connectivity index (χ4v) is 3.19. The molecule has 0 amide bonds. The van der Waals surface area contributed by atoms with Gasteiger partial charge in [0.05, 0.1) is 6.10 Å². The molecule has 112 valence electrons. The topological polar surface area (TPSA) is 32.3 Å². The van der Waals surface area contributed by atoms with Gasteiger partial charge in [-0.05, 0) is 36.8 Å². The Labute approximate surface area is 123 Å². The second-order valence-electron chi connectivity index (χ2n) is 6.06. The summed E-state index contributed by atoms with van der Waals surface area (Å²) in [7, 11) is 0. The van der Waals surface area contributed by atoms with Crippen LogP contribution in [-0.4, -0.2) is 17.2 Å². The molecule has 0 aromatic heterocycles. The lowest BCUT2D eigenvalue weighted by Crippen LogP contribution is -2.42. The Hall–Kier alpha value is -0.860. The Morgan fingerprint density at radius 1 is 1.10 bits per heavy atom. The summed E-state index contributed by atoms with van der Waals surface area (Å²) < 4.78 is 0. The minimum absolute atomic E-state index is 0.172. The zero-order valence-corrected chi connectivity index (χ0v) is 12.9. The standard InChI is InChI=1S/C18H29NO/c1-3-14-10-12-15(13-11-14)18(20)17(4-2)19-16-8-6-5-7-9-16/h10-13,16-20H,3-9H2,1-2H3. The normalized spacial score (nSPS) is 19.8. The van der Waals surface area contributed by atoms with Crippen LogP contribution in [0.4, 0.5) is 0 Å². The molecule has 0 aliphatic heterocycles. The largest absolute Gasteiger partial charge is 0.387 e. The van der Waals surface area contributed by atoms with Gasteiger partial charge < -0.3 is 10.4 Å². The monoisotopic (exact) mass is 275 g/mol. The molecular formula is C18H29NO. The number of hydrogen-bond donors (Lipinski definition) is 2. The van der Waals surface area contributed by atoms with Crippen LogP contribution in [0, 0.1) is 0 Å². The number of aryl methyl sites for hydroxylation is 1. The number of rotatable bonds is 6. The number of aliphatic hydroxyl groups excluding tert-OH is 1. The Balaban J connectivity index is 1.97. The molecule has 0 radical (unpaired) electrons. The Morgan fingerprint density at radius 2 is 1.75 bits per heavy atom. The van der Waals surface area contributed by atoms with Gasteiger partial charge in [0.25, 0.3) is 0 Å². The van der Waals surface area contributed by atoms with Crippen molar-refractivity contribution in [2.45, 2.75) is 77.0 Å². The van der Waals surface area contributed by atoms with Gasteiger partial charge in [0.1, 0.15) is 0 Å². The molecule has 2 N–H and O–H groups in total. The first-order valence-electron chi connectivity index (χ1n) is 8.27. The third-order valence-electron chi connectivity index (χ3n) is 4.61. The fraction of sp³-hybridized carbons (Fsp3) is 0.667. The lowest BCUT2D eigenvalue weighted by Gasteiger charge is -2.31. The number of aliphatic hydroxyl groups is 1. The van der Waals surface area contributed by atoms with Crippen LogP contribution in [0.5, 0.6) is 0 Å². The van der Waals surface area contributed by atoms with Crippen molar-refractivity contribution in [2.75, 3.05) is 0 Å². The molecule has 0 spiro atoms. The van der Waals surface area contributed by atoms with Crippen LogP contribution in [-0.2, 0) is 6.42 Å². The average Bonchev–Trinajstić information content (AvgIpc) is 2.53. The van der Waals surface area contributed by atoms with Gasteiger partial charge in [0.15, 0.2) is 0 Å². The predicted molar refractivity (Wildman–Crippen MR) is 84.9 cm³/mol. The SMILES string of the molecule is CCc1ccc(C(O)C(CC)NC2CCCCC2)cc1. The van der Waals surface area contributed by atoms with Crippen molar-refractivity contribution >= 4 is 0 Å². The molecule has 1 aromatic rings. The van der Waals surface area contributed by atoms with E-state index in [0.717, 1.165) is 18.4 Å². The van der Waals surface area contributed by atoms with Crippen LogP contribution in [0.1, 0.15) is 69.6 Å². The molecule has 1 saturated carbocycles. The Morgan fingerprint density at radius 3 is 2.30 bits per heavy atom. The summed E-state index contributed by atoms with van der Waals surface area (Å²) >= 11 is 0. The molecule has 1 aliphatic rings. The van der Waals surface area contributed by atoms with Gasteiger partial charge in [-0.25, -0.2) is 0 Å². The van der Waals surface area contributed by atoms with E-state index in [1.54, 1.807) is 0 Å². The van der Waals surface area contributed by atoms with Gasteiger partial charge in [-0.1, -0.05) is 57.4 Å². The van der Waals surface area contributed by atoms with E-state index in [1.165, 1.54) is 37.7 Å². The highest BCUT2D eigenvalue weighted by Gasteiger charge is 2.23. The van der Waals surface area contributed by atoms with E-state index in [0.29, 0.717) is 6.04 Å². The first-order valence-corrected chi connectivity index (χ1v) is 8.27. The molecule has 1 fully saturated rings. The molecule has 0 heterocycles. The van der Waals surface area contributed by atoms with Crippen molar-refractivity contribution < 1.29 is 5.11 Å². The van der Waals surface area contributed by atoms with Crippen molar-refractivity contribution in [3.8, 4) is 0 Å². The molecule has 2 heteroatoms. The quantitative estimate of drug-likeness (QED) is 0.823. The zero-order valence-electron chi connectivity index (χ0n) is 12.9. The molecule has 20 heavy (non-hydrogen) atoms. The number of benzene rings is 1. The van der Waals surface area contributed by atoms with Crippen molar-refractivity contribution in [1.82, 2.24) is 5.32 Å². The summed E-state index contributed by atoms with van der Waals surface area (Å²) in [6, 6.07) is 9.19. The van der Waals surface area contributed by atoms with E-state index in [9.17, 15) is 5.11 Å². The van der Waals surface area contributed by atoms with Crippen molar-refractivity contribution in [3.05, 3.63) is 35.4 Å². The second-order valence-corrected chi connectivity index (χ2v) is 6.06. The van der Waals surface area contributed by atoms with E-state index in [1.807, 2.05) is 0 Å².